The second kappa shape index (κ2) is 13.7. The van der Waals surface area contributed by atoms with Gasteiger partial charge >= 0.3 is 0 Å². The van der Waals surface area contributed by atoms with E-state index in [0.717, 1.165) is 29.3 Å². The highest BCUT2D eigenvalue weighted by molar-refractivity contribution is 9.10. The van der Waals surface area contributed by atoms with E-state index < -0.39 is 0 Å². The van der Waals surface area contributed by atoms with E-state index in [9.17, 15) is 4.79 Å². The molecule has 0 radical (unpaired) electrons. The molecule has 178 valence electrons. The van der Waals surface area contributed by atoms with Gasteiger partial charge in [0.2, 0.25) is 0 Å². The molecule has 0 saturated heterocycles. The predicted molar refractivity (Wildman–Crippen MR) is 145 cm³/mol. The SMILES string of the molecule is CCCCCCOc1ccc(Br)cc1C(=O)NC(=S)Nc1ccccc1OCc1ccccc1. The van der Waals surface area contributed by atoms with Crippen LogP contribution in [0, 0.1) is 0 Å². The zero-order chi connectivity index (χ0) is 24.2. The van der Waals surface area contributed by atoms with Gasteiger partial charge in [0.1, 0.15) is 18.1 Å². The van der Waals surface area contributed by atoms with Crippen LogP contribution in [0.2, 0.25) is 0 Å². The molecule has 5 nitrogen and oxygen atoms in total. The van der Waals surface area contributed by atoms with Gasteiger partial charge in [-0.15, -0.1) is 0 Å². The molecule has 0 fully saturated rings. The number of hydrogen-bond donors (Lipinski definition) is 2. The number of hydrogen-bond acceptors (Lipinski definition) is 4. The van der Waals surface area contributed by atoms with Gasteiger partial charge in [-0.3, -0.25) is 10.1 Å². The fraction of sp³-hybridized carbons (Fsp3) is 0.259. The number of amides is 1. The van der Waals surface area contributed by atoms with Crippen molar-refractivity contribution in [1.29, 1.82) is 0 Å². The molecule has 1 amide bonds. The third-order valence-corrected chi connectivity index (χ3v) is 5.74. The summed E-state index contributed by atoms with van der Waals surface area (Å²) >= 11 is 8.84. The van der Waals surface area contributed by atoms with E-state index in [2.05, 4.69) is 33.5 Å². The summed E-state index contributed by atoms with van der Waals surface area (Å²) < 4.78 is 12.6. The molecule has 3 rings (SSSR count). The van der Waals surface area contributed by atoms with Crippen LogP contribution in [0.3, 0.4) is 0 Å². The van der Waals surface area contributed by atoms with Gasteiger partial charge in [-0.25, -0.2) is 0 Å². The number of carbonyl (C=O) groups excluding carboxylic acids is 1. The molecule has 7 heteroatoms. The van der Waals surface area contributed by atoms with Crippen LogP contribution in [0.15, 0.2) is 77.3 Å². The third kappa shape index (κ3) is 8.15. The Morgan fingerprint density at radius 1 is 0.912 bits per heavy atom. The van der Waals surface area contributed by atoms with Crippen molar-refractivity contribution in [2.24, 2.45) is 0 Å². The summed E-state index contributed by atoms with van der Waals surface area (Å²) in [5.74, 6) is 0.832. The Morgan fingerprint density at radius 3 is 2.47 bits per heavy atom. The second-order valence-electron chi connectivity index (χ2n) is 7.73. The van der Waals surface area contributed by atoms with E-state index >= 15 is 0 Å². The van der Waals surface area contributed by atoms with E-state index in [1.54, 1.807) is 12.1 Å². The smallest absolute Gasteiger partial charge is 0.261 e. The number of carbonyl (C=O) groups is 1. The highest BCUT2D eigenvalue weighted by Gasteiger charge is 2.16. The monoisotopic (exact) mass is 540 g/mol. The lowest BCUT2D eigenvalue weighted by Gasteiger charge is -2.16. The van der Waals surface area contributed by atoms with E-state index in [1.165, 1.54) is 6.42 Å². The molecular formula is C27H29BrN2O3S. The molecule has 3 aromatic carbocycles. The Kier molecular flexibility index (Phi) is 10.4. The Balaban J connectivity index is 1.61. The van der Waals surface area contributed by atoms with E-state index in [0.29, 0.717) is 36.0 Å². The fourth-order valence-corrected chi connectivity index (χ4v) is 3.84. The topological polar surface area (TPSA) is 59.6 Å². The van der Waals surface area contributed by atoms with Crippen molar-refractivity contribution in [3.05, 3.63) is 88.4 Å². The average molecular weight is 542 g/mol. The van der Waals surface area contributed by atoms with Gasteiger partial charge in [-0.1, -0.05) is 84.6 Å². The Bertz CT molecular complexity index is 1090. The van der Waals surface area contributed by atoms with E-state index in [4.69, 9.17) is 21.7 Å². The standard InChI is InChI=1S/C27H29BrN2O3S/c1-2-3-4-10-17-32-24-16-15-21(28)18-22(24)26(31)30-27(34)29-23-13-8-9-14-25(23)33-19-20-11-6-5-7-12-20/h5-9,11-16,18H,2-4,10,17,19H2,1H3,(H2,29,30,31,34). The first-order chi connectivity index (χ1) is 16.6. The first-order valence-electron chi connectivity index (χ1n) is 11.4. The molecule has 0 unspecified atom stereocenters. The minimum Gasteiger partial charge on any atom is -0.493 e. The Labute approximate surface area is 215 Å². The highest BCUT2D eigenvalue weighted by Crippen LogP contribution is 2.26. The molecule has 0 aliphatic heterocycles. The van der Waals surface area contributed by atoms with Gasteiger partial charge in [0.25, 0.3) is 5.91 Å². The number of halogens is 1. The van der Waals surface area contributed by atoms with Crippen LogP contribution >= 0.6 is 28.1 Å². The lowest BCUT2D eigenvalue weighted by atomic mass is 10.2. The zero-order valence-electron chi connectivity index (χ0n) is 19.2. The van der Waals surface area contributed by atoms with E-state index in [1.807, 2.05) is 60.7 Å². The van der Waals surface area contributed by atoms with Crippen LogP contribution in [0.4, 0.5) is 5.69 Å². The van der Waals surface area contributed by atoms with Crippen LogP contribution < -0.4 is 20.1 Å². The second-order valence-corrected chi connectivity index (χ2v) is 9.05. The van der Waals surface area contributed by atoms with Crippen LogP contribution in [-0.2, 0) is 6.61 Å². The van der Waals surface area contributed by atoms with Gasteiger partial charge in [0.05, 0.1) is 17.9 Å². The van der Waals surface area contributed by atoms with Crippen LogP contribution in [0.5, 0.6) is 11.5 Å². The largest absolute Gasteiger partial charge is 0.493 e. The molecule has 0 bridgehead atoms. The molecule has 0 saturated carbocycles. The molecule has 0 aliphatic rings. The lowest BCUT2D eigenvalue weighted by Crippen LogP contribution is -2.34. The summed E-state index contributed by atoms with van der Waals surface area (Å²) in [6.07, 6.45) is 4.39. The molecule has 0 aliphatic carbocycles. The average Bonchev–Trinajstić information content (AvgIpc) is 2.84. The van der Waals surface area contributed by atoms with Crippen LogP contribution in [-0.4, -0.2) is 17.6 Å². The van der Waals surface area contributed by atoms with Crippen molar-refractivity contribution in [1.82, 2.24) is 5.32 Å². The summed E-state index contributed by atoms with van der Waals surface area (Å²) in [7, 11) is 0. The molecule has 3 aromatic rings. The normalized spacial score (nSPS) is 10.4. The number of unbranched alkanes of at least 4 members (excludes halogenated alkanes) is 3. The van der Waals surface area contributed by atoms with Gasteiger partial charge in [-0.2, -0.15) is 0 Å². The third-order valence-electron chi connectivity index (χ3n) is 5.04. The molecule has 0 spiro atoms. The first kappa shape index (κ1) is 25.7. The molecular weight excluding hydrogens is 512 g/mol. The first-order valence-corrected chi connectivity index (χ1v) is 12.6. The van der Waals surface area contributed by atoms with Crippen molar-refractivity contribution in [3.63, 3.8) is 0 Å². The van der Waals surface area contributed by atoms with Crippen molar-refractivity contribution >= 4 is 44.9 Å². The number of thiocarbonyl (C=S) groups is 1. The van der Waals surface area contributed by atoms with Gasteiger partial charge in [0.15, 0.2) is 5.11 Å². The lowest BCUT2D eigenvalue weighted by molar-refractivity contribution is 0.0973. The Morgan fingerprint density at radius 2 is 1.68 bits per heavy atom. The van der Waals surface area contributed by atoms with Crippen molar-refractivity contribution in [2.75, 3.05) is 11.9 Å². The minimum absolute atomic E-state index is 0.176. The van der Waals surface area contributed by atoms with Gasteiger partial charge in [0, 0.05) is 4.47 Å². The number of ether oxygens (including phenoxy) is 2. The van der Waals surface area contributed by atoms with Gasteiger partial charge in [-0.05, 0) is 54.5 Å². The maximum atomic E-state index is 13.0. The summed E-state index contributed by atoms with van der Waals surface area (Å²) in [5, 5.41) is 5.99. The van der Waals surface area contributed by atoms with Crippen molar-refractivity contribution in [2.45, 2.75) is 39.2 Å². The highest BCUT2D eigenvalue weighted by atomic mass is 79.9. The van der Waals surface area contributed by atoms with Crippen LogP contribution in [0.1, 0.15) is 48.5 Å². The molecule has 0 heterocycles. The number of rotatable bonds is 11. The maximum Gasteiger partial charge on any atom is 0.261 e. The number of benzene rings is 3. The van der Waals surface area contributed by atoms with Crippen molar-refractivity contribution < 1.29 is 14.3 Å². The number of anilines is 1. The molecule has 2 N–H and O–H groups in total. The number of nitrogens with one attached hydrogen (secondary N) is 2. The van der Waals surface area contributed by atoms with Crippen LogP contribution in [0.25, 0.3) is 0 Å². The molecule has 34 heavy (non-hydrogen) atoms. The van der Waals surface area contributed by atoms with Crippen molar-refractivity contribution in [3.8, 4) is 11.5 Å². The van der Waals surface area contributed by atoms with Gasteiger partial charge < -0.3 is 14.8 Å². The fourth-order valence-electron chi connectivity index (χ4n) is 3.27. The molecule has 0 aromatic heterocycles. The summed E-state index contributed by atoms with van der Waals surface area (Å²) in [5.41, 5.74) is 2.15. The maximum absolute atomic E-state index is 13.0. The Hall–Kier alpha value is -2.90. The quantitative estimate of drug-likeness (QED) is 0.200. The number of para-hydroxylation sites is 2. The predicted octanol–water partition coefficient (Wildman–Crippen LogP) is 7.11. The zero-order valence-corrected chi connectivity index (χ0v) is 21.6. The summed E-state index contributed by atoms with van der Waals surface area (Å²) in [6.45, 7) is 3.16. The molecule has 0 atom stereocenters. The van der Waals surface area contributed by atoms with E-state index in [-0.39, 0.29) is 11.0 Å². The minimum atomic E-state index is -0.343. The summed E-state index contributed by atoms with van der Waals surface area (Å²) in [6, 6.07) is 22.8. The summed E-state index contributed by atoms with van der Waals surface area (Å²) in [4.78, 5) is 13.0.